The molecular formula is C8H11N3O. The topological polar surface area (TPSA) is 61.5 Å². The molecule has 2 aromatic heterocycles. The second-order valence-corrected chi connectivity index (χ2v) is 2.00. The predicted octanol–water partition coefficient (Wildman–Crippen LogP) is 1.28. The van der Waals surface area contributed by atoms with Crippen LogP contribution in [0.2, 0.25) is 0 Å². The van der Waals surface area contributed by atoms with Gasteiger partial charge in [0.25, 0.3) is 0 Å². The highest BCUT2D eigenvalue weighted by atomic mass is 16.1. The van der Waals surface area contributed by atoms with Gasteiger partial charge in [0.1, 0.15) is 0 Å². The van der Waals surface area contributed by atoms with E-state index in [0.717, 1.165) is 11.0 Å². The first-order valence-electron chi connectivity index (χ1n) is 3.88. The number of rotatable bonds is 0. The minimum Gasteiger partial charge on any atom is -0.306 e. The molecule has 4 nitrogen and oxygen atoms in total. The van der Waals surface area contributed by atoms with Gasteiger partial charge in [-0.3, -0.25) is 4.98 Å². The monoisotopic (exact) mass is 165 g/mol. The van der Waals surface area contributed by atoms with Gasteiger partial charge in [0.2, 0.25) is 0 Å². The summed E-state index contributed by atoms with van der Waals surface area (Å²) in [6.45, 7) is 4.00. The molecule has 0 aliphatic carbocycles. The molecule has 0 radical (unpaired) electrons. The molecule has 0 bridgehead atoms. The lowest BCUT2D eigenvalue weighted by molar-refractivity contribution is 1.21. The fourth-order valence-corrected chi connectivity index (χ4v) is 0.879. The second-order valence-electron chi connectivity index (χ2n) is 2.00. The number of aromatic amines is 2. The predicted molar refractivity (Wildman–Crippen MR) is 48.1 cm³/mol. The molecule has 0 saturated carbocycles. The lowest BCUT2D eigenvalue weighted by Gasteiger charge is -1.81. The van der Waals surface area contributed by atoms with E-state index in [1.54, 1.807) is 18.5 Å². The van der Waals surface area contributed by atoms with Crippen LogP contribution in [0, 0.1) is 0 Å². The molecule has 0 aromatic carbocycles. The van der Waals surface area contributed by atoms with E-state index < -0.39 is 0 Å². The van der Waals surface area contributed by atoms with Crippen LogP contribution in [0.1, 0.15) is 13.8 Å². The Labute approximate surface area is 69.7 Å². The first kappa shape index (κ1) is 8.52. The number of imidazole rings is 1. The molecule has 2 heterocycles. The van der Waals surface area contributed by atoms with Crippen molar-refractivity contribution in [2.24, 2.45) is 0 Å². The van der Waals surface area contributed by atoms with Crippen molar-refractivity contribution in [1.29, 1.82) is 0 Å². The van der Waals surface area contributed by atoms with Crippen molar-refractivity contribution in [2.45, 2.75) is 13.8 Å². The molecule has 12 heavy (non-hydrogen) atoms. The van der Waals surface area contributed by atoms with Crippen LogP contribution in [0.3, 0.4) is 0 Å². The lowest BCUT2D eigenvalue weighted by Crippen LogP contribution is -1.99. The number of fused-ring (bicyclic) bond motifs is 1. The SMILES string of the molecule is CC.O=c1[nH]c2ccncc2[nH]1. The maximum Gasteiger partial charge on any atom is 0.323 e. The zero-order valence-electron chi connectivity index (χ0n) is 7.09. The van der Waals surface area contributed by atoms with Crippen LogP contribution in [0.25, 0.3) is 11.0 Å². The Kier molecular flexibility index (Phi) is 2.63. The third-order valence-corrected chi connectivity index (χ3v) is 1.32. The van der Waals surface area contributed by atoms with Crippen LogP contribution in [-0.4, -0.2) is 15.0 Å². The molecule has 2 aromatic rings. The first-order valence-corrected chi connectivity index (χ1v) is 3.88. The Morgan fingerprint density at radius 1 is 1.25 bits per heavy atom. The highest BCUT2D eigenvalue weighted by molar-refractivity contribution is 5.72. The van der Waals surface area contributed by atoms with Crippen LogP contribution < -0.4 is 5.69 Å². The van der Waals surface area contributed by atoms with E-state index in [4.69, 9.17) is 0 Å². The van der Waals surface area contributed by atoms with Gasteiger partial charge >= 0.3 is 5.69 Å². The Morgan fingerprint density at radius 2 is 1.92 bits per heavy atom. The number of hydrogen-bond donors (Lipinski definition) is 2. The number of pyridine rings is 1. The number of hydrogen-bond acceptors (Lipinski definition) is 2. The van der Waals surface area contributed by atoms with Crippen LogP contribution >= 0.6 is 0 Å². The molecule has 0 saturated heterocycles. The molecule has 2 N–H and O–H groups in total. The maximum atomic E-state index is 10.6. The van der Waals surface area contributed by atoms with Gasteiger partial charge in [-0.25, -0.2) is 4.79 Å². The third kappa shape index (κ3) is 1.53. The molecule has 0 aliphatic heterocycles. The molecule has 0 atom stereocenters. The zero-order valence-corrected chi connectivity index (χ0v) is 7.09. The van der Waals surface area contributed by atoms with Crippen molar-refractivity contribution in [3.05, 3.63) is 28.9 Å². The minimum absolute atomic E-state index is 0.192. The smallest absolute Gasteiger partial charge is 0.306 e. The Morgan fingerprint density at radius 3 is 2.58 bits per heavy atom. The van der Waals surface area contributed by atoms with Crippen molar-refractivity contribution >= 4 is 11.0 Å². The van der Waals surface area contributed by atoms with Crippen LogP contribution in [-0.2, 0) is 0 Å². The number of nitrogens with zero attached hydrogens (tertiary/aromatic N) is 1. The van der Waals surface area contributed by atoms with Gasteiger partial charge in [-0.15, -0.1) is 0 Å². The summed E-state index contributed by atoms with van der Waals surface area (Å²) in [5.41, 5.74) is 1.34. The van der Waals surface area contributed by atoms with Gasteiger partial charge in [-0.1, -0.05) is 13.8 Å². The van der Waals surface area contributed by atoms with Crippen LogP contribution in [0.4, 0.5) is 0 Å². The van der Waals surface area contributed by atoms with E-state index in [-0.39, 0.29) is 5.69 Å². The van der Waals surface area contributed by atoms with Gasteiger partial charge < -0.3 is 9.97 Å². The van der Waals surface area contributed by atoms with E-state index in [2.05, 4.69) is 15.0 Å². The normalized spacial score (nSPS) is 9.17. The fraction of sp³-hybridized carbons (Fsp3) is 0.250. The quantitative estimate of drug-likeness (QED) is 0.617. The van der Waals surface area contributed by atoms with Gasteiger partial charge in [-0.05, 0) is 6.07 Å². The average molecular weight is 165 g/mol. The summed E-state index contributed by atoms with van der Waals surface area (Å²) >= 11 is 0. The Hall–Kier alpha value is -1.58. The number of nitrogens with one attached hydrogen (secondary N) is 2. The molecule has 0 amide bonds. The lowest BCUT2D eigenvalue weighted by atomic mass is 10.4. The van der Waals surface area contributed by atoms with E-state index >= 15 is 0 Å². The van der Waals surface area contributed by atoms with Crippen molar-refractivity contribution in [3.8, 4) is 0 Å². The summed E-state index contributed by atoms with van der Waals surface area (Å²) < 4.78 is 0. The molecule has 4 heteroatoms. The van der Waals surface area contributed by atoms with Gasteiger partial charge in [0, 0.05) is 6.20 Å². The molecule has 0 fully saturated rings. The highest BCUT2D eigenvalue weighted by Gasteiger charge is 1.93. The summed E-state index contributed by atoms with van der Waals surface area (Å²) in [5.74, 6) is 0. The number of aromatic nitrogens is 3. The highest BCUT2D eigenvalue weighted by Crippen LogP contribution is 2.00. The molecule has 64 valence electrons. The standard InChI is InChI=1S/C6H5N3O.C2H6/c10-6-8-4-1-2-7-3-5(4)9-6;1-2/h1-3H,(H2,8,9,10);1-2H3. The molecule has 0 spiro atoms. The summed E-state index contributed by atoms with van der Waals surface area (Å²) in [6.07, 6.45) is 3.24. The molecule has 0 unspecified atom stereocenters. The summed E-state index contributed by atoms with van der Waals surface area (Å²) in [7, 11) is 0. The van der Waals surface area contributed by atoms with Crippen LogP contribution in [0.5, 0.6) is 0 Å². The van der Waals surface area contributed by atoms with Crippen molar-refractivity contribution < 1.29 is 0 Å². The van der Waals surface area contributed by atoms with E-state index in [0.29, 0.717) is 0 Å². The summed E-state index contributed by atoms with van der Waals surface area (Å²) in [5, 5.41) is 0. The van der Waals surface area contributed by atoms with Gasteiger partial charge in [0.15, 0.2) is 0 Å². The Balaban J connectivity index is 0.000000336. The third-order valence-electron chi connectivity index (χ3n) is 1.32. The van der Waals surface area contributed by atoms with Crippen molar-refractivity contribution in [3.63, 3.8) is 0 Å². The second kappa shape index (κ2) is 3.71. The van der Waals surface area contributed by atoms with Gasteiger partial charge in [-0.2, -0.15) is 0 Å². The molecule has 2 rings (SSSR count). The van der Waals surface area contributed by atoms with Crippen molar-refractivity contribution in [1.82, 2.24) is 15.0 Å². The van der Waals surface area contributed by atoms with E-state index in [1.165, 1.54) is 0 Å². The summed E-state index contributed by atoms with van der Waals surface area (Å²) in [6, 6.07) is 1.74. The van der Waals surface area contributed by atoms with E-state index in [9.17, 15) is 4.79 Å². The van der Waals surface area contributed by atoms with Crippen molar-refractivity contribution in [2.75, 3.05) is 0 Å². The fourth-order valence-electron chi connectivity index (χ4n) is 0.879. The molecular weight excluding hydrogens is 154 g/mol. The molecule has 0 aliphatic rings. The maximum absolute atomic E-state index is 10.6. The first-order chi connectivity index (χ1) is 5.86. The summed E-state index contributed by atoms with van der Waals surface area (Å²) in [4.78, 5) is 19.7. The van der Waals surface area contributed by atoms with Gasteiger partial charge in [0.05, 0.1) is 17.2 Å². The zero-order chi connectivity index (χ0) is 8.97. The Bertz CT molecular complexity index is 366. The minimum atomic E-state index is -0.192. The largest absolute Gasteiger partial charge is 0.323 e. The van der Waals surface area contributed by atoms with E-state index in [1.807, 2.05) is 13.8 Å². The average Bonchev–Trinajstić information content (AvgIpc) is 2.48. The van der Waals surface area contributed by atoms with Crippen LogP contribution in [0.15, 0.2) is 23.3 Å². The number of H-pyrrole nitrogens is 2.